The van der Waals surface area contributed by atoms with Gasteiger partial charge in [-0.1, -0.05) is 6.92 Å². The van der Waals surface area contributed by atoms with Gasteiger partial charge in [-0.2, -0.15) is 0 Å². The molecule has 0 radical (unpaired) electrons. The van der Waals surface area contributed by atoms with E-state index in [1.807, 2.05) is 6.20 Å². The first-order valence-electron chi connectivity index (χ1n) is 5.26. The van der Waals surface area contributed by atoms with E-state index in [-0.39, 0.29) is 0 Å². The lowest BCUT2D eigenvalue weighted by Crippen LogP contribution is -2.22. The van der Waals surface area contributed by atoms with Crippen LogP contribution in [0.3, 0.4) is 0 Å². The van der Waals surface area contributed by atoms with Crippen molar-refractivity contribution < 1.29 is 0 Å². The van der Waals surface area contributed by atoms with E-state index in [9.17, 15) is 0 Å². The first kappa shape index (κ1) is 9.59. The van der Waals surface area contributed by atoms with Crippen LogP contribution in [0, 0.1) is 11.8 Å². The smallest absolute Gasteiger partial charge is 0.0753 e. The Kier molecular flexibility index (Phi) is 2.77. The zero-order valence-electron chi connectivity index (χ0n) is 8.77. The maximum absolute atomic E-state index is 4.27. The van der Waals surface area contributed by atoms with Crippen LogP contribution < -0.4 is 5.32 Å². The van der Waals surface area contributed by atoms with Crippen LogP contribution in [0.4, 0.5) is 0 Å². The molecule has 0 saturated heterocycles. The molecule has 1 fully saturated rings. The van der Waals surface area contributed by atoms with Gasteiger partial charge < -0.3 is 5.32 Å². The summed E-state index contributed by atoms with van der Waals surface area (Å²) in [5.74, 6) is 1.80. The maximum atomic E-state index is 4.27. The Morgan fingerprint density at radius 1 is 1.57 bits per heavy atom. The summed E-state index contributed by atoms with van der Waals surface area (Å²) in [5, 5.41) is 3.49. The molecule has 2 rings (SSSR count). The molecule has 3 atom stereocenters. The molecule has 1 aromatic heterocycles. The van der Waals surface area contributed by atoms with Crippen molar-refractivity contribution in [2.45, 2.75) is 26.3 Å². The largest absolute Gasteiger partial charge is 0.309 e. The second kappa shape index (κ2) is 4.05. The summed E-state index contributed by atoms with van der Waals surface area (Å²) in [6, 6.07) is 0.316. The van der Waals surface area contributed by atoms with Gasteiger partial charge >= 0.3 is 0 Å². The van der Waals surface area contributed by atoms with Crippen LogP contribution in [-0.2, 0) is 0 Å². The fraction of sp³-hybridized carbons (Fsp3) is 0.636. The van der Waals surface area contributed by atoms with Crippen LogP contribution in [0.2, 0.25) is 0 Å². The summed E-state index contributed by atoms with van der Waals surface area (Å²) in [7, 11) is 0. The molecule has 0 spiro atoms. The molecule has 0 bridgehead atoms. The molecule has 14 heavy (non-hydrogen) atoms. The molecule has 1 heterocycles. The predicted molar refractivity (Wildman–Crippen MR) is 55.7 cm³/mol. The van der Waals surface area contributed by atoms with Crippen molar-refractivity contribution in [2.75, 3.05) is 6.54 Å². The molecule has 3 unspecified atom stereocenters. The Hall–Kier alpha value is -0.960. The van der Waals surface area contributed by atoms with Crippen molar-refractivity contribution in [1.82, 2.24) is 15.3 Å². The molecular formula is C11H17N3. The monoisotopic (exact) mass is 191 g/mol. The zero-order chi connectivity index (χ0) is 9.97. The van der Waals surface area contributed by atoms with Crippen molar-refractivity contribution in [1.29, 1.82) is 0 Å². The average molecular weight is 191 g/mol. The summed E-state index contributed by atoms with van der Waals surface area (Å²) in [5.41, 5.74) is 1.03. The summed E-state index contributed by atoms with van der Waals surface area (Å²) in [6.45, 7) is 5.55. The minimum atomic E-state index is 0.316. The molecule has 0 aromatic carbocycles. The van der Waals surface area contributed by atoms with Crippen LogP contribution in [-0.4, -0.2) is 16.5 Å². The average Bonchev–Trinajstić information content (AvgIpc) is 2.92. The predicted octanol–water partition coefficient (Wildman–Crippen LogP) is 1.78. The lowest BCUT2D eigenvalue weighted by Gasteiger charge is -2.12. The van der Waals surface area contributed by atoms with Gasteiger partial charge in [0.15, 0.2) is 0 Å². The van der Waals surface area contributed by atoms with Gasteiger partial charge in [-0.3, -0.25) is 9.97 Å². The third-order valence-electron chi connectivity index (χ3n) is 2.99. The van der Waals surface area contributed by atoms with Gasteiger partial charge in [-0.15, -0.1) is 0 Å². The normalized spacial score (nSPS) is 27.3. The van der Waals surface area contributed by atoms with E-state index in [1.165, 1.54) is 6.42 Å². The Balaban J connectivity index is 1.81. The van der Waals surface area contributed by atoms with Gasteiger partial charge in [0.2, 0.25) is 0 Å². The van der Waals surface area contributed by atoms with E-state index in [2.05, 4.69) is 29.1 Å². The topological polar surface area (TPSA) is 37.8 Å². The summed E-state index contributed by atoms with van der Waals surface area (Å²) >= 11 is 0. The molecule has 76 valence electrons. The highest BCUT2D eigenvalue weighted by molar-refractivity contribution is 5.01. The molecule has 1 aromatic rings. The van der Waals surface area contributed by atoms with Crippen molar-refractivity contribution in [3.8, 4) is 0 Å². The number of hydrogen-bond donors (Lipinski definition) is 1. The summed E-state index contributed by atoms with van der Waals surface area (Å²) in [4.78, 5) is 8.33. The van der Waals surface area contributed by atoms with E-state index in [1.54, 1.807) is 12.4 Å². The minimum Gasteiger partial charge on any atom is -0.309 e. The Bertz CT molecular complexity index is 286. The standard InChI is InChI=1S/C11H17N3/c1-8-5-10(8)6-14-9(2)11-7-12-3-4-13-11/h3-4,7-10,14H,5-6H2,1-2H3. The molecule has 1 saturated carbocycles. The van der Waals surface area contributed by atoms with E-state index >= 15 is 0 Å². The number of rotatable bonds is 4. The van der Waals surface area contributed by atoms with E-state index in [4.69, 9.17) is 0 Å². The van der Waals surface area contributed by atoms with Gasteiger partial charge in [0, 0.05) is 24.6 Å². The highest BCUT2D eigenvalue weighted by Gasteiger charge is 2.32. The number of hydrogen-bond acceptors (Lipinski definition) is 3. The first-order chi connectivity index (χ1) is 6.77. The lowest BCUT2D eigenvalue weighted by atomic mass is 10.2. The number of nitrogens with one attached hydrogen (secondary N) is 1. The molecular weight excluding hydrogens is 174 g/mol. The van der Waals surface area contributed by atoms with Crippen LogP contribution in [0.1, 0.15) is 32.0 Å². The van der Waals surface area contributed by atoms with Gasteiger partial charge in [0.05, 0.1) is 5.69 Å². The van der Waals surface area contributed by atoms with Gasteiger partial charge in [0.1, 0.15) is 0 Å². The van der Waals surface area contributed by atoms with Gasteiger partial charge in [-0.05, 0) is 31.7 Å². The zero-order valence-corrected chi connectivity index (χ0v) is 8.77. The number of aromatic nitrogens is 2. The second-order valence-corrected chi connectivity index (χ2v) is 4.23. The first-order valence-corrected chi connectivity index (χ1v) is 5.26. The van der Waals surface area contributed by atoms with Crippen LogP contribution >= 0.6 is 0 Å². The number of nitrogens with zero attached hydrogens (tertiary/aromatic N) is 2. The fourth-order valence-electron chi connectivity index (χ4n) is 1.65. The Morgan fingerprint density at radius 2 is 2.36 bits per heavy atom. The van der Waals surface area contributed by atoms with Crippen LogP contribution in [0.15, 0.2) is 18.6 Å². The van der Waals surface area contributed by atoms with Crippen molar-refractivity contribution in [3.63, 3.8) is 0 Å². The Labute approximate surface area is 85.0 Å². The maximum Gasteiger partial charge on any atom is 0.0753 e. The quantitative estimate of drug-likeness (QED) is 0.788. The van der Waals surface area contributed by atoms with Crippen molar-refractivity contribution in [3.05, 3.63) is 24.3 Å². The van der Waals surface area contributed by atoms with E-state index in [0.29, 0.717) is 6.04 Å². The molecule has 0 amide bonds. The van der Waals surface area contributed by atoms with E-state index < -0.39 is 0 Å². The third kappa shape index (κ3) is 2.29. The molecule has 1 N–H and O–H groups in total. The molecule has 0 aliphatic heterocycles. The van der Waals surface area contributed by atoms with Gasteiger partial charge in [-0.25, -0.2) is 0 Å². The Morgan fingerprint density at radius 3 is 2.93 bits per heavy atom. The van der Waals surface area contributed by atoms with Crippen LogP contribution in [0.5, 0.6) is 0 Å². The molecule has 1 aliphatic carbocycles. The highest BCUT2D eigenvalue weighted by atomic mass is 14.9. The van der Waals surface area contributed by atoms with Crippen LogP contribution in [0.25, 0.3) is 0 Å². The third-order valence-corrected chi connectivity index (χ3v) is 2.99. The lowest BCUT2D eigenvalue weighted by molar-refractivity contribution is 0.524. The summed E-state index contributed by atoms with van der Waals surface area (Å²) in [6.07, 6.45) is 6.65. The minimum absolute atomic E-state index is 0.316. The van der Waals surface area contributed by atoms with Gasteiger partial charge in [0.25, 0.3) is 0 Å². The SMILES string of the molecule is CC(NCC1CC1C)c1cnccn1. The molecule has 3 heteroatoms. The fourth-order valence-corrected chi connectivity index (χ4v) is 1.65. The van der Waals surface area contributed by atoms with E-state index in [0.717, 1.165) is 24.1 Å². The van der Waals surface area contributed by atoms with Crippen molar-refractivity contribution in [2.24, 2.45) is 11.8 Å². The summed E-state index contributed by atoms with van der Waals surface area (Å²) < 4.78 is 0. The molecule has 1 aliphatic rings. The highest BCUT2D eigenvalue weighted by Crippen LogP contribution is 2.37. The van der Waals surface area contributed by atoms with Crippen molar-refractivity contribution >= 4 is 0 Å². The molecule has 3 nitrogen and oxygen atoms in total. The second-order valence-electron chi connectivity index (χ2n) is 4.23.